The second kappa shape index (κ2) is 9.71. The van der Waals surface area contributed by atoms with Crippen molar-refractivity contribution >= 4 is 11.9 Å². The Kier molecular flexibility index (Phi) is 7.34. The summed E-state index contributed by atoms with van der Waals surface area (Å²) in [7, 11) is 1.37. The molecule has 0 radical (unpaired) electrons. The molecule has 144 valence electrons. The molecule has 0 fully saturated rings. The highest BCUT2D eigenvalue weighted by molar-refractivity contribution is 5.83. The Morgan fingerprint density at radius 1 is 1.11 bits per heavy atom. The first kappa shape index (κ1) is 20.4. The van der Waals surface area contributed by atoms with Crippen LogP contribution in [0.4, 0.5) is 4.39 Å². The van der Waals surface area contributed by atoms with Gasteiger partial charge in [-0.3, -0.25) is 9.59 Å². The fourth-order valence-corrected chi connectivity index (χ4v) is 2.58. The van der Waals surface area contributed by atoms with Crippen LogP contribution in [0.5, 0.6) is 5.75 Å². The lowest BCUT2D eigenvalue weighted by Crippen LogP contribution is -2.37. The minimum Gasteiger partial charge on any atom is -0.494 e. The number of ether oxygens (including phenoxy) is 2. The van der Waals surface area contributed by atoms with Crippen molar-refractivity contribution in [3.05, 3.63) is 65.5 Å². The van der Waals surface area contributed by atoms with Gasteiger partial charge in [0.2, 0.25) is 0 Å². The quantitative estimate of drug-likeness (QED) is 0.722. The third-order valence-corrected chi connectivity index (χ3v) is 4.19. The number of carbonyl (C=O) groups is 2. The van der Waals surface area contributed by atoms with Gasteiger partial charge in [-0.05, 0) is 36.1 Å². The van der Waals surface area contributed by atoms with Crippen LogP contribution in [0.3, 0.4) is 0 Å². The first-order chi connectivity index (χ1) is 12.9. The molecule has 0 heterocycles. The number of hydrogen-bond acceptors (Lipinski definition) is 4. The van der Waals surface area contributed by atoms with E-state index in [0.717, 1.165) is 5.56 Å². The number of rotatable bonds is 8. The molecular weight excluding hydrogens is 349 g/mol. The Hall–Kier alpha value is -2.89. The van der Waals surface area contributed by atoms with Crippen molar-refractivity contribution in [2.24, 2.45) is 0 Å². The molecule has 2 atom stereocenters. The van der Waals surface area contributed by atoms with E-state index in [-0.39, 0.29) is 24.0 Å². The maximum Gasteiger partial charge on any atom is 0.311 e. The predicted molar refractivity (Wildman–Crippen MR) is 100 cm³/mol. The summed E-state index contributed by atoms with van der Waals surface area (Å²) >= 11 is 0. The van der Waals surface area contributed by atoms with Crippen LogP contribution in [0, 0.1) is 5.82 Å². The van der Waals surface area contributed by atoms with Crippen LogP contribution < -0.4 is 10.1 Å². The molecule has 2 rings (SSSR count). The van der Waals surface area contributed by atoms with Crippen LogP contribution in [0.15, 0.2) is 48.5 Å². The second-order valence-electron chi connectivity index (χ2n) is 6.33. The highest BCUT2D eigenvalue weighted by atomic mass is 19.1. The third-order valence-electron chi connectivity index (χ3n) is 4.19. The maximum absolute atomic E-state index is 13.7. The first-order valence-corrected chi connectivity index (χ1v) is 8.75. The molecule has 2 aromatic rings. The topological polar surface area (TPSA) is 64.6 Å². The van der Waals surface area contributed by atoms with E-state index in [1.165, 1.54) is 26.2 Å². The largest absolute Gasteiger partial charge is 0.494 e. The predicted octanol–water partition coefficient (Wildman–Crippen LogP) is 3.23. The van der Waals surface area contributed by atoms with E-state index in [0.29, 0.717) is 12.1 Å². The van der Waals surface area contributed by atoms with Crippen molar-refractivity contribution in [3.63, 3.8) is 0 Å². The van der Waals surface area contributed by atoms with E-state index in [2.05, 4.69) is 5.32 Å². The van der Waals surface area contributed by atoms with Gasteiger partial charge in [-0.25, -0.2) is 4.39 Å². The molecule has 0 saturated carbocycles. The molecule has 27 heavy (non-hydrogen) atoms. The zero-order valence-electron chi connectivity index (χ0n) is 15.7. The number of hydrogen-bond donors (Lipinski definition) is 1. The Bertz CT molecular complexity index is 779. The lowest BCUT2D eigenvalue weighted by atomic mass is 10.0. The highest BCUT2D eigenvalue weighted by Gasteiger charge is 2.19. The van der Waals surface area contributed by atoms with Crippen LogP contribution in [-0.4, -0.2) is 31.6 Å². The molecule has 5 nitrogen and oxygen atoms in total. The smallest absolute Gasteiger partial charge is 0.311 e. The maximum atomic E-state index is 13.7. The van der Waals surface area contributed by atoms with Crippen molar-refractivity contribution in [2.45, 2.75) is 32.3 Å². The molecule has 2 aromatic carbocycles. The van der Waals surface area contributed by atoms with Crippen LogP contribution in [0.2, 0.25) is 0 Å². The van der Waals surface area contributed by atoms with Crippen LogP contribution in [0.25, 0.3) is 0 Å². The zero-order chi connectivity index (χ0) is 19.8. The molecule has 0 aliphatic heterocycles. The Morgan fingerprint density at radius 3 is 2.44 bits per heavy atom. The van der Waals surface area contributed by atoms with Crippen molar-refractivity contribution in [1.82, 2.24) is 5.32 Å². The molecule has 0 saturated heterocycles. The third kappa shape index (κ3) is 6.09. The number of methoxy groups -OCH3 is 1. The lowest BCUT2D eigenvalue weighted by molar-refractivity contribution is -0.154. The number of amides is 1. The molecule has 0 aliphatic rings. The van der Waals surface area contributed by atoms with E-state index in [1.807, 2.05) is 37.3 Å². The lowest BCUT2D eigenvalue weighted by Gasteiger charge is -2.17. The van der Waals surface area contributed by atoms with E-state index in [9.17, 15) is 14.0 Å². The average Bonchev–Trinajstić information content (AvgIpc) is 2.66. The fourth-order valence-electron chi connectivity index (χ4n) is 2.58. The Balaban J connectivity index is 1.81. The van der Waals surface area contributed by atoms with Gasteiger partial charge < -0.3 is 14.8 Å². The molecule has 0 bridgehead atoms. The van der Waals surface area contributed by atoms with Crippen molar-refractivity contribution in [2.75, 3.05) is 13.7 Å². The van der Waals surface area contributed by atoms with Gasteiger partial charge in [0.15, 0.2) is 17.7 Å². The number of esters is 1. The molecule has 1 amide bonds. The molecule has 0 aromatic heterocycles. The zero-order valence-corrected chi connectivity index (χ0v) is 15.7. The standard InChI is InChI=1S/C21H24FNO4/c1-14(17-7-5-4-6-8-17)13-23-21(25)15(2)27-20(24)12-16-9-10-19(26-3)18(22)11-16/h4-11,14-15H,12-13H2,1-3H3,(H,23,25)/t14-,15-/m0/s1. The van der Waals surface area contributed by atoms with Gasteiger partial charge in [0.25, 0.3) is 5.91 Å². The summed E-state index contributed by atoms with van der Waals surface area (Å²) in [6.07, 6.45) is -1.05. The van der Waals surface area contributed by atoms with Gasteiger partial charge in [0.1, 0.15) is 0 Å². The van der Waals surface area contributed by atoms with Crippen LogP contribution in [-0.2, 0) is 20.7 Å². The van der Waals surface area contributed by atoms with Crippen LogP contribution >= 0.6 is 0 Å². The summed E-state index contributed by atoms with van der Waals surface area (Å²) < 4.78 is 23.6. The van der Waals surface area contributed by atoms with Gasteiger partial charge in [-0.2, -0.15) is 0 Å². The molecule has 0 aliphatic carbocycles. The van der Waals surface area contributed by atoms with Crippen LogP contribution in [0.1, 0.15) is 30.9 Å². The molecule has 1 N–H and O–H groups in total. The summed E-state index contributed by atoms with van der Waals surface area (Å²) in [5.41, 5.74) is 1.56. The monoisotopic (exact) mass is 373 g/mol. The molecule has 0 unspecified atom stereocenters. The number of carbonyl (C=O) groups excluding carboxylic acids is 2. The number of nitrogens with one attached hydrogen (secondary N) is 1. The fraction of sp³-hybridized carbons (Fsp3) is 0.333. The van der Waals surface area contributed by atoms with E-state index in [4.69, 9.17) is 9.47 Å². The van der Waals surface area contributed by atoms with Gasteiger partial charge in [0.05, 0.1) is 13.5 Å². The Labute approximate surface area is 158 Å². The van der Waals surface area contributed by atoms with Gasteiger partial charge >= 0.3 is 5.97 Å². The Morgan fingerprint density at radius 2 is 1.81 bits per heavy atom. The van der Waals surface area contributed by atoms with Gasteiger partial charge in [-0.1, -0.05) is 43.3 Å². The summed E-state index contributed by atoms with van der Waals surface area (Å²) in [6, 6.07) is 14.1. The number of halogens is 1. The second-order valence-corrected chi connectivity index (χ2v) is 6.33. The van der Waals surface area contributed by atoms with Gasteiger partial charge in [-0.15, -0.1) is 0 Å². The van der Waals surface area contributed by atoms with E-state index < -0.39 is 17.9 Å². The molecule has 0 spiro atoms. The molecule has 6 heteroatoms. The SMILES string of the molecule is COc1ccc(CC(=O)O[C@@H](C)C(=O)NC[C@H](C)c2ccccc2)cc1F. The van der Waals surface area contributed by atoms with E-state index >= 15 is 0 Å². The first-order valence-electron chi connectivity index (χ1n) is 8.75. The highest BCUT2D eigenvalue weighted by Crippen LogP contribution is 2.18. The summed E-state index contributed by atoms with van der Waals surface area (Å²) in [6.45, 7) is 3.95. The molecular formula is C21H24FNO4. The normalized spacial score (nSPS) is 12.7. The minimum atomic E-state index is -0.927. The van der Waals surface area contributed by atoms with Crippen molar-refractivity contribution in [3.8, 4) is 5.75 Å². The van der Waals surface area contributed by atoms with E-state index in [1.54, 1.807) is 6.07 Å². The number of benzene rings is 2. The summed E-state index contributed by atoms with van der Waals surface area (Å²) in [4.78, 5) is 24.1. The summed E-state index contributed by atoms with van der Waals surface area (Å²) in [5.74, 6) is -1.28. The minimum absolute atomic E-state index is 0.104. The summed E-state index contributed by atoms with van der Waals surface area (Å²) in [5, 5.41) is 2.78. The van der Waals surface area contributed by atoms with Crippen molar-refractivity contribution < 1.29 is 23.5 Å². The van der Waals surface area contributed by atoms with Crippen molar-refractivity contribution in [1.29, 1.82) is 0 Å². The van der Waals surface area contributed by atoms with Gasteiger partial charge in [0, 0.05) is 6.54 Å². The average molecular weight is 373 g/mol.